The molecule has 0 aliphatic carbocycles. The van der Waals surface area contributed by atoms with E-state index < -0.39 is 7.82 Å². The van der Waals surface area contributed by atoms with Crippen molar-refractivity contribution < 1.29 is 62.0 Å². The van der Waals surface area contributed by atoms with Crippen LogP contribution in [0.25, 0.3) is 0 Å². The third-order valence-electron chi connectivity index (χ3n) is 0. The average Bonchev–Trinajstić information content (AvgIpc) is 0.722. The van der Waals surface area contributed by atoms with E-state index in [1.165, 1.54) is 0 Å². The molecule has 0 unspecified atom stereocenters. The normalized spacial score (nSPS) is 8.43. The summed E-state index contributed by atoms with van der Waals surface area (Å²) in [4.78, 5) is 25.6. The van der Waals surface area contributed by atoms with Crippen LogP contribution in [0.2, 0.25) is 0 Å². The van der Waals surface area contributed by atoms with E-state index in [2.05, 4.69) is 0 Å². The van der Waals surface area contributed by atoms with Crippen molar-refractivity contribution in [2.24, 2.45) is 0 Å². The number of rotatable bonds is 0. The Labute approximate surface area is 69.7 Å². The Balaban J connectivity index is -0.0000000800. The van der Waals surface area contributed by atoms with E-state index in [4.69, 9.17) is 19.2 Å². The van der Waals surface area contributed by atoms with Gasteiger partial charge < -0.3 is 19.2 Å². The van der Waals surface area contributed by atoms with Crippen LogP contribution in [0.15, 0.2) is 0 Å². The minimum Gasteiger partial charge on any atom is -0.822 e. The second-order valence-electron chi connectivity index (χ2n) is 0.447. The van der Waals surface area contributed by atoms with Crippen molar-refractivity contribution in [3.63, 3.8) is 0 Å². The average molecular weight is 327 g/mol. The SMILES string of the molecule is O=P([O-])([O-])[O-].[Ti+4].[W]. The van der Waals surface area contributed by atoms with Crippen LogP contribution in [-0.2, 0) is 47.3 Å². The smallest absolute Gasteiger partial charge is 0.822 e. The van der Waals surface area contributed by atoms with Gasteiger partial charge in [0.1, 0.15) is 0 Å². The van der Waals surface area contributed by atoms with Gasteiger partial charge in [-0.15, -0.1) is 0 Å². The van der Waals surface area contributed by atoms with Crippen molar-refractivity contribution in [2.45, 2.75) is 0 Å². The Morgan fingerprint density at radius 1 is 1.14 bits per heavy atom. The molecule has 0 bridgehead atoms. The Kier molecular flexibility index (Phi) is 12.8. The van der Waals surface area contributed by atoms with E-state index in [0.29, 0.717) is 0 Å². The molecule has 0 aliphatic rings. The molecule has 0 rings (SSSR count). The molecule has 0 heterocycles. The fourth-order valence-corrected chi connectivity index (χ4v) is 0. The fourth-order valence-electron chi connectivity index (χ4n) is 0. The Morgan fingerprint density at radius 3 is 1.14 bits per heavy atom. The van der Waals surface area contributed by atoms with Gasteiger partial charge in [0, 0.05) is 21.1 Å². The van der Waals surface area contributed by atoms with Crippen LogP contribution in [-0.4, -0.2) is 0 Å². The van der Waals surface area contributed by atoms with Crippen LogP contribution in [0.4, 0.5) is 0 Å². The summed E-state index contributed by atoms with van der Waals surface area (Å²) in [7, 11) is -5.39. The molecule has 0 aromatic heterocycles. The standard InChI is InChI=1S/H3O4P.Ti.W/c1-5(2,3)4;;/h(H3,1,2,3,4);;/q;+4;/p-3. The van der Waals surface area contributed by atoms with Gasteiger partial charge in [-0.05, 0) is 0 Å². The van der Waals surface area contributed by atoms with Crippen LogP contribution >= 0.6 is 7.82 Å². The minimum atomic E-state index is -5.39. The van der Waals surface area contributed by atoms with Gasteiger partial charge in [0.2, 0.25) is 0 Å². The summed E-state index contributed by atoms with van der Waals surface area (Å²) >= 11 is 0. The van der Waals surface area contributed by atoms with Gasteiger partial charge in [0.05, 0.1) is 0 Å². The van der Waals surface area contributed by atoms with Gasteiger partial charge in [-0.25, -0.2) is 0 Å². The molecule has 0 aliphatic heterocycles. The molecule has 7 heavy (non-hydrogen) atoms. The third kappa shape index (κ3) is 99.8. The molecule has 0 spiro atoms. The third-order valence-corrected chi connectivity index (χ3v) is 0. The molecule has 0 fully saturated rings. The molecule has 4 nitrogen and oxygen atoms in total. The maximum Gasteiger partial charge on any atom is 4.00 e. The van der Waals surface area contributed by atoms with E-state index >= 15 is 0 Å². The molecule has 0 saturated heterocycles. The Hall–Kier alpha value is 1.51. The van der Waals surface area contributed by atoms with E-state index in [9.17, 15) is 0 Å². The van der Waals surface area contributed by atoms with Gasteiger partial charge >= 0.3 is 21.7 Å². The van der Waals surface area contributed by atoms with Gasteiger partial charge in [-0.1, -0.05) is 0 Å². The van der Waals surface area contributed by atoms with Crippen LogP contribution < -0.4 is 14.7 Å². The molecular formula is O4PTiW+. The number of hydrogen-bond acceptors (Lipinski definition) is 4. The predicted molar refractivity (Wildman–Crippen MR) is 7.61 cm³/mol. The maximum atomic E-state index is 8.55. The Morgan fingerprint density at radius 2 is 1.14 bits per heavy atom. The summed E-state index contributed by atoms with van der Waals surface area (Å²) in [6.07, 6.45) is 0. The van der Waals surface area contributed by atoms with Crippen molar-refractivity contribution in [3.05, 3.63) is 0 Å². The quantitative estimate of drug-likeness (QED) is 0.355. The first-order valence-corrected chi connectivity index (χ1v) is 2.19. The molecule has 7 heteroatoms. The van der Waals surface area contributed by atoms with Gasteiger partial charge in [-0.3, -0.25) is 0 Å². The monoisotopic (exact) mass is 327 g/mol. The topological polar surface area (TPSA) is 86.2 Å². The molecule has 0 aromatic carbocycles. The van der Waals surface area contributed by atoms with Crippen LogP contribution in [0.3, 0.4) is 0 Å². The number of phosphoric acid groups is 1. The summed E-state index contributed by atoms with van der Waals surface area (Å²) < 4.78 is 8.55. The summed E-state index contributed by atoms with van der Waals surface area (Å²) in [5.74, 6) is 0. The first-order chi connectivity index (χ1) is 2.00. The zero-order valence-corrected chi connectivity index (χ0v) is 8.38. The van der Waals surface area contributed by atoms with Crippen molar-refractivity contribution in [1.82, 2.24) is 0 Å². The second kappa shape index (κ2) is 5.65. The molecule has 0 radical (unpaired) electrons. The zero-order chi connectivity index (χ0) is 4.50. The van der Waals surface area contributed by atoms with Gasteiger partial charge in [0.25, 0.3) is 0 Å². The van der Waals surface area contributed by atoms with Crippen LogP contribution in [0.1, 0.15) is 0 Å². The van der Waals surface area contributed by atoms with Crippen molar-refractivity contribution >= 4 is 7.82 Å². The first-order valence-electron chi connectivity index (χ1n) is 0.730. The molecule has 0 atom stereocenters. The molecular weight excluding hydrogens is 327 g/mol. The molecule has 0 N–H and O–H groups in total. The zero-order valence-electron chi connectivity index (χ0n) is 2.99. The van der Waals surface area contributed by atoms with Crippen molar-refractivity contribution in [3.8, 4) is 0 Å². The summed E-state index contributed by atoms with van der Waals surface area (Å²) in [5.41, 5.74) is 0. The summed E-state index contributed by atoms with van der Waals surface area (Å²) in [6, 6.07) is 0. The molecule has 0 saturated carbocycles. The van der Waals surface area contributed by atoms with E-state index in [-0.39, 0.29) is 42.8 Å². The molecule has 38 valence electrons. The van der Waals surface area contributed by atoms with E-state index in [0.717, 1.165) is 0 Å². The van der Waals surface area contributed by atoms with E-state index in [1.54, 1.807) is 0 Å². The molecule has 0 aromatic rings. The predicted octanol–water partition coefficient (Wildman–Crippen LogP) is -2.83. The fraction of sp³-hybridized carbons (Fsp3) is 0. The first kappa shape index (κ1) is 15.8. The summed E-state index contributed by atoms with van der Waals surface area (Å²) in [5, 5.41) is 0. The largest absolute Gasteiger partial charge is 4.00 e. The minimum absolute atomic E-state index is 0. The van der Waals surface area contributed by atoms with Gasteiger partial charge in [-0.2, -0.15) is 7.82 Å². The van der Waals surface area contributed by atoms with E-state index in [1.807, 2.05) is 0 Å². The van der Waals surface area contributed by atoms with Crippen LogP contribution in [0, 0.1) is 0 Å². The van der Waals surface area contributed by atoms with Crippen molar-refractivity contribution in [2.75, 3.05) is 0 Å². The van der Waals surface area contributed by atoms with Crippen molar-refractivity contribution in [1.29, 1.82) is 0 Å². The number of hydrogen-bond donors (Lipinski definition) is 0. The van der Waals surface area contributed by atoms with Crippen LogP contribution in [0.5, 0.6) is 0 Å². The second-order valence-corrected chi connectivity index (χ2v) is 1.34. The molecule has 0 amide bonds. The van der Waals surface area contributed by atoms with Gasteiger partial charge in [0.15, 0.2) is 0 Å². The maximum absolute atomic E-state index is 8.55. The Bertz CT molecular complexity index is 57.8. The summed E-state index contributed by atoms with van der Waals surface area (Å²) in [6.45, 7) is 0.